The van der Waals surface area contributed by atoms with Gasteiger partial charge in [-0.3, -0.25) is 14.3 Å². The number of carbonyl (C=O) groups is 2. The van der Waals surface area contributed by atoms with E-state index in [0.717, 1.165) is 18.4 Å². The van der Waals surface area contributed by atoms with E-state index in [1.54, 1.807) is 61.4 Å². The molecule has 1 aromatic carbocycles. The molecular formula is C19H26ClN5O3. The van der Waals surface area contributed by atoms with E-state index in [2.05, 4.69) is 15.7 Å². The third-order valence-corrected chi connectivity index (χ3v) is 4.67. The molecule has 0 spiro atoms. The van der Waals surface area contributed by atoms with E-state index < -0.39 is 6.04 Å². The number of ether oxygens (including phenoxy) is 1. The number of rotatable bonds is 6. The number of anilines is 2. The van der Waals surface area contributed by atoms with Crippen LogP contribution in [0.15, 0.2) is 30.6 Å². The standard InChI is InChI=1S/C19H25N5O3.ClH/c1-20-18(13-11-21-23(2)12-13)19(26)22-14-7-8-16(27-3)15(10-14)24-9-5-4-6-17(24)25;/h7-8,10-12,18,20H,4-6,9H2,1-3H3,(H,22,26);1H. The van der Waals surface area contributed by atoms with Crippen molar-refractivity contribution >= 4 is 35.6 Å². The van der Waals surface area contributed by atoms with Gasteiger partial charge < -0.3 is 20.3 Å². The summed E-state index contributed by atoms with van der Waals surface area (Å²) >= 11 is 0. The molecule has 2 aromatic rings. The zero-order valence-electron chi connectivity index (χ0n) is 16.3. The van der Waals surface area contributed by atoms with E-state index in [9.17, 15) is 9.59 Å². The van der Waals surface area contributed by atoms with Crippen molar-refractivity contribution < 1.29 is 14.3 Å². The normalized spacial score (nSPS) is 15.0. The predicted octanol–water partition coefficient (Wildman–Crippen LogP) is 2.27. The molecule has 0 radical (unpaired) electrons. The summed E-state index contributed by atoms with van der Waals surface area (Å²) in [5, 5.41) is 10.0. The molecule has 8 nitrogen and oxygen atoms in total. The molecule has 3 rings (SSSR count). The minimum Gasteiger partial charge on any atom is -0.495 e. The van der Waals surface area contributed by atoms with Crippen molar-refractivity contribution in [3.63, 3.8) is 0 Å². The molecule has 1 fully saturated rings. The SMILES string of the molecule is CNC(C(=O)Nc1ccc(OC)c(N2CCCCC2=O)c1)c1cnn(C)c1.Cl. The van der Waals surface area contributed by atoms with Crippen LogP contribution in [-0.2, 0) is 16.6 Å². The molecule has 1 atom stereocenters. The molecule has 152 valence electrons. The van der Waals surface area contributed by atoms with Crippen molar-refractivity contribution in [3.05, 3.63) is 36.2 Å². The summed E-state index contributed by atoms with van der Waals surface area (Å²) in [5.74, 6) is 0.485. The van der Waals surface area contributed by atoms with Gasteiger partial charge >= 0.3 is 0 Å². The maximum atomic E-state index is 12.7. The highest BCUT2D eigenvalue weighted by Gasteiger charge is 2.24. The molecule has 1 saturated heterocycles. The van der Waals surface area contributed by atoms with E-state index in [-0.39, 0.29) is 24.2 Å². The number of methoxy groups -OCH3 is 1. The van der Waals surface area contributed by atoms with Gasteiger partial charge in [0.1, 0.15) is 11.8 Å². The zero-order valence-corrected chi connectivity index (χ0v) is 17.1. The molecule has 9 heteroatoms. The molecule has 1 aliphatic rings. The molecule has 1 aliphatic heterocycles. The molecule has 0 aliphatic carbocycles. The number of amides is 2. The van der Waals surface area contributed by atoms with Crippen molar-refractivity contribution in [2.45, 2.75) is 25.3 Å². The summed E-state index contributed by atoms with van der Waals surface area (Å²) in [6, 6.07) is 4.80. The van der Waals surface area contributed by atoms with Crippen molar-refractivity contribution in [2.24, 2.45) is 7.05 Å². The number of hydrogen-bond donors (Lipinski definition) is 2. The number of nitrogens with zero attached hydrogens (tertiary/aromatic N) is 3. The van der Waals surface area contributed by atoms with Gasteiger partial charge in [0.05, 0.1) is 19.0 Å². The lowest BCUT2D eigenvalue weighted by molar-refractivity contribution is -0.119. The van der Waals surface area contributed by atoms with Gasteiger partial charge in [-0.05, 0) is 38.1 Å². The number of likely N-dealkylation sites (N-methyl/N-ethyl adjacent to an activating group) is 1. The van der Waals surface area contributed by atoms with E-state index in [1.807, 2.05) is 0 Å². The average molecular weight is 408 g/mol. The van der Waals surface area contributed by atoms with Gasteiger partial charge in [0, 0.05) is 37.5 Å². The zero-order chi connectivity index (χ0) is 19.4. The summed E-state index contributed by atoms with van der Waals surface area (Å²) in [6.07, 6.45) is 5.85. The molecular weight excluding hydrogens is 382 g/mol. The van der Waals surface area contributed by atoms with Crippen LogP contribution in [0.5, 0.6) is 5.75 Å². The fourth-order valence-corrected chi connectivity index (χ4v) is 3.29. The maximum absolute atomic E-state index is 12.7. The van der Waals surface area contributed by atoms with E-state index in [1.165, 1.54) is 0 Å². The molecule has 1 unspecified atom stereocenters. The fraction of sp³-hybridized carbons (Fsp3) is 0.421. The van der Waals surface area contributed by atoms with Crippen LogP contribution in [0, 0.1) is 0 Å². The van der Waals surface area contributed by atoms with Crippen LogP contribution in [0.25, 0.3) is 0 Å². The minimum atomic E-state index is -0.527. The maximum Gasteiger partial charge on any atom is 0.246 e. The van der Waals surface area contributed by atoms with Gasteiger partial charge in [-0.2, -0.15) is 5.10 Å². The number of benzene rings is 1. The topological polar surface area (TPSA) is 88.5 Å². The van der Waals surface area contributed by atoms with Gasteiger partial charge in [0.15, 0.2) is 0 Å². The predicted molar refractivity (Wildman–Crippen MR) is 110 cm³/mol. The largest absolute Gasteiger partial charge is 0.495 e. The summed E-state index contributed by atoms with van der Waals surface area (Å²) in [6.45, 7) is 0.654. The van der Waals surface area contributed by atoms with Crippen molar-refractivity contribution in [2.75, 3.05) is 30.9 Å². The Kier molecular flexibility index (Phi) is 7.42. The van der Waals surface area contributed by atoms with Crippen molar-refractivity contribution in [1.82, 2.24) is 15.1 Å². The summed E-state index contributed by atoms with van der Waals surface area (Å²) in [4.78, 5) is 26.8. The summed E-state index contributed by atoms with van der Waals surface area (Å²) in [7, 11) is 5.10. The first kappa shape index (κ1) is 21.7. The van der Waals surface area contributed by atoms with Crippen LogP contribution < -0.4 is 20.3 Å². The lowest BCUT2D eigenvalue weighted by Crippen LogP contribution is -2.35. The second-order valence-corrected chi connectivity index (χ2v) is 6.55. The number of halogens is 1. The van der Waals surface area contributed by atoms with Crippen LogP contribution in [0.2, 0.25) is 0 Å². The molecule has 0 bridgehead atoms. The van der Waals surface area contributed by atoms with Crippen LogP contribution in [-0.4, -0.2) is 42.3 Å². The highest BCUT2D eigenvalue weighted by Crippen LogP contribution is 2.33. The Morgan fingerprint density at radius 3 is 2.71 bits per heavy atom. The molecule has 2 amide bonds. The lowest BCUT2D eigenvalue weighted by atomic mass is 10.1. The Bertz CT molecular complexity index is 839. The first-order valence-corrected chi connectivity index (χ1v) is 8.98. The summed E-state index contributed by atoms with van der Waals surface area (Å²) in [5.41, 5.74) is 2.07. The number of piperidine rings is 1. The molecule has 0 saturated carbocycles. The highest BCUT2D eigenvalue weighted by atomic mass is 35.5. The third kappa shape index (κ3) is 4.63. The number of aromatic nitrogens is 2. The highest BCUT2D eigenvalue weighted by molar-refractivity contribution is 5.99. The van der Waals surface area contributed by atoms with Gasteiger partial charge in [-0.1, -0.05) is 0 Å². The lowest BCUT2D eigenvalue weighted by Gasteiger charge is -2.28. The van der Waals surface area contributed by atoms with Gasteiger partial charge in [-0.25, -0.2) is 0 Å². The van der Waals surface area contributed by atoms with Crippen LogP contribution >= 0.6 is 12.4 Å². The fourth-order valence-electron chi connectivity index (χ4n) is 3.29. The Labute approximate surface area is 170 Å². The van der Waals surface area contributed by atoms with E-state index in [4.69, 9.17) is 4.74 Å². The van der Waals surface area contributed by atoms with Crippen LogP contribution in [0.3, 0.4) is 0 Å². The molecule has 28 heavy (non-hydrogen) atoms. The summed E-state index contributed by atoms with van der Waals surface area (Å²) < 4.78 is 7.07. The van der Waals surface area contributed by atoms with Gasteiger partial charge in [-0.15, -0.1) is 12.4 Å². The Balaban J connectivity index is 0.00000280. The number of nitrogens with one attached hydrogen (secondary N) is 2. The molecule has 1 aromatic heterocycles. The first-order valence-electron chi connectivity index (χ1n) is 8.98. The van der Waals surface area contributed by atoms with E-state index >= 15 is 0 Å². The van der Waals surface area contributed by atoms with Crippen molar-refractivity contribution in [1.29, 1.82) is 0 Å². The number of aryl methyl sites for hydroxylation is 1. The minimum absolute atomic E-state index is 0. The number of carbonyl (C=O) groups excluding carboxylic acids is 2. The number of hydrogen-bond acceptors (Lipinski definition) is 5. The van der Waals surface area contributed by atoms with Crippen LogP contribution in [0.4, 0.5) is 11.4 Å². The van der Waals surface area contributed by atoms with Crippen LogP contribution in [0.1, 0.15) is 30.9 Å². The van der Waals surface area contributed by atoms with Gasteiger partial charge in [0.25, 0.3) is 0 Å². The second-order valence-electron chi connectivity index (χ2n) is 6.55. The van der Waals surface area contributed by atoms with E-state index in [0.29, 0.717) is 30.1 Å². The monoisotopic (exact) mass is 407 g/mol. The van der Waals surface area contributed by atoms with Gasteiger partial charge in [0.2, 0.25) is 11.8 Å². The first-order chi connectivity index (χ1) is 13.0. The molecule has 2 N–H and O–H groups in total. The Hall–Kier alpha value is -2.58. The Morgan fingerprint density at radius 2 is 2.11 bits per heavy atom. The smallest absolute Gasteiger partial charge is 0.246 e. The van der Waals surface area contributed by atoms with Crippen molar-refractivity contribution in [3.8, 4) is 5.75 Å². The quantitative estimate of drug-likeness (QED) is 0.766. The second kappa shape index (κ2) is 9.57. The average Bonchev–Trinajstić information content (AvgIpc) is 3.08. The Morgan fingerprint density at radius 1 is 1.32 bits per heavy atom. The molecule has 2 heterocycles. The third-order valence-electron chi connectivity index (χ3n) is 4.67.